The maximum Gasteiger partial charge on any atom is -0.0383 e. The largest absolute Gasteiger partial charge is 0.0654 e. The van der Waals surface area contributed by atoms with E-state index in [0.29, 0.717) is 10.8 Å². The van der Waals surface area contributed by atoms with Crippen molar-refractivity contribution in [3.05, 3.63) is 0 Å². The summed E-state index contributed by atoms with van der Waals surface area (Å²) in [6.07, 6.45) is 31.4. The smallest absolute Gasteiger partial charge is 0.0383 e. The van der Waals surface area contributed by atoms with Crippen LogP contribution in [0, 0.1) is 58.2 Å². The van der Waals surface area contributed by atoms with Gasteiger partial charge >= 0.3 is 0 Å². The molecule has 0 amide bonds. The molecule has 0 aliphatic heterocycles. The van der Waals surface area contributed by atoms with Crippen LogP contribution < -0.4 is 0 Å². The number of rotatable bonds is 22. The first kappa shape index (κ1) is 83.0. The quantitative estimate of drug-likeness (QED) is 0.0950. The van der Waals surface area contributed by atoms with Crippen molar-refractivity contribution in [1.82, 2.24) is 0 Å². The van der Waals surface area contributed by atoms with Crippen molar-refractivity contribution < 1.29 is 0 Å². The summed E-state index contributed by atoms with van der Waals surface area (Å²) in [7, 11) is 0. The summed E-state index contributed by atoms with van der Waals surface area (Å²) in [5, 5.41) is 0. The molecule has 0 spiro atoms. The highest BCUT2D eigenvalue weighted by Crippen LogP contribution is 2.20. The van der Waals surface area contributed by atoms with Gasteiger partial charge in [0.2, 0.25) is 0 Å². The Morgan fingerprint density at radius 3 is 0.635 bits per heavy atom. The number of unbranched alkanes of at least 4 members (excludes halogenated alkanes) is 6. The van der Waals surface area contributed by atoms with Crippen LogP contribution in [0.25, 0.3) is 0 Å². The molecule has 3 atom stereocenters. The minimum Gasteiger partial charge on any atom is -0.0654 e. The Bertz CT molecular complexity index is 615. The van der Waals surface area contributed by atoms with Crippen molar-refractivity contribution >= 4 is 0 Å². The lowest BCUT2D eigenvalue weighted by Crippen LogP contribution is -2.02. The van der Waals surface area contributed by atoms with Crippen molar-refractivity contribution in [2.45, 2.75) is 355 Å². The highest BCUT2D eigenvalue weighted by atomic mass is 14.1. The second kappa shape index (κ2) is 66.3. The van der Waals surface area contributed by atoms with E-state index in [1.54, 1.807) is 0 Å². The van der Waals surface area contributed by atoms with Gasteiger partial charge in [-0.05, 0) is 77.4 Å². The molecule has 396 valence electrons. The van der Waals surface area contributed by atoms with Crippen molar-refractivity contribution in [3.63, 3.8) is 0 Å². The molecular weight excluding hydrogens is 757 g/mol. The fraction of sp³-hybridized carbons (Fsp3) is 1.00. The summed E-state index contributed by atoms with van der Waals surface area (Å²) in [6.45, 7) is 67.9. The molecule has 0 nitrogen and oxygen atoms in total. The molecule has 0 aliphatic carbocycles. The molecule has 0 aromatic heterocycles. The molecule has 0 radical (unpaired) electrons. The van der Waals surface area contributed by atoms with Gasteiger partial charge in [0.15, 0.2) is 0 Å². The molecule has 0 saturated heterocycles. The third kappa shape index (κ3) is 140. The zero-order valence-corrected chi connectivity index (χ0v) is 51.9. The average molecular weight is 902 g/mol. The third-order valence-corrected chi connectivity index (χ3v) is 11.2. The summed E-state index contributed by atoms with van der Waals surface area (Å²) < 4.78 is 0. The van der Waals surface area contributed by atoms with Gasteiger partial charge in [0.05, 0.1) is 0 Å². The fourth-order valence-electron chi connectivity index (χ4n) is 6.21. The maximum absolute atomic E-state index is 2.31. The number of hydrogen-bond acceptors (Lipinski definition) is 0. The van der Waals surface area contributed by atoms with E-state index in [9.17, 15) is 0 Å². The van der Waals surface area contributed by atoms with E-state index in [4.69, 9.17) is 0 Å². The minimum atomic E-state index is 0.550. The Balaban J connectivity index is -0.0000000744. The summed E-state index contributed by atoms with van der Waals surface area (Å²) in [5.41, 5.74) is 1.10. The zero-order chi connectivity index (χ0) is 51.9. The Kier molecular flexibility index (Phi) is 87.4. The molecule has 0 aliphatic rings. The van der Waals surface area contributed by atoms with Crippen LogP contribution in [0.3, 0.4) is 0 Å². The molecule has 0 N–H and O–H groups in total. The van der Waals surface area contributed by atoms with Crippen LogP contribution >= 0.6 is 0 Å². The monoisotopic (exact) mass is 901 g/mol. The van der Waals surface area contributed by atoms with Gasteiger partial charge in [0.25, 0.3) is 0 Å². The first-order valence-corrected chi connectivity index (χ1v) is 29.0. The van der Waals surface area contributed by atoms with Crippen LogP contribution in [-0.4, -0.2) is 0 Å². The summed E-state index contributed by atoms with van der Waals surface area (Å²) in [4.78, 5) is 0. The van der Waals surface area contributed by atoms with Gasteiger partial charge in [0.1, 0.15) is 0 Å². The standard InChI is InChI=1S/9C7H16/c1-6(2)5-7(3)4;2*1-5-6-7(2,3)4;1-5-7(4)6(2)3;2*1-4-5-6-7(2)3;2*1-4-6-7(3)5-2;1-3-5-7-6-4-2/h6-7H,5H2,1-4H3;2*5-6H2,1-4H3;6-7H,5H2,1-4H3;4*7H,4-6H2,1-3H3;3-7H2,1-2H3/t;;;7-;;;7-;;/m...0..1../s1. The van der Waals surface area contributed by atoms with E-state index in [1.807, 2.05) is 0 Å². The van der Waals surface area contributed by atoms with E-state index in [-0.39, 0.29) is 0 Å². The topological polar surface area (TPSA) is 0 Å². The summed E-state index contributed by atoms with van der Waals surface area (Å²) in [6, 6.07) is 0. The van der Waals surface area contributed by atoms with Crippen molar-refractivity contribution in [2.24, 2.45) is 58.2 Å². The Morgan fingerprint density at radius 1 is 0.286 bits per heavy atom. The SMILES string of the molecule is CC(C)CC(C)C.CCCC(C)(C)C.CCCC(C)(C)C.CCCC(C)CC.CCCCC(C)C.CCCCC(C)C.CCCCCCC.CCC[C@H](C)CC.CC[C@H](C)C(C)C. The van der Waals surface area contributed by atoms with Crippen LogP contribution in [-0.2, 0) is 0 Å². The van der Waals surface area contributed by atoms with Crippen molar-refractivity contribution in [3.8, 4) is 0 Å². The fourth-order valence-corrected chi connectivity index (χ4v) is 6.21. The van der Waals surface area contributed by atoms with Gasteiger partial charge in [-0.1, -0.05) is 336 Å². The second-order valence-electron chi connectivity index (χ2n) is 24.0. The van der Waals surface area contributed by atoms with Crippen LogP contribution in [0.1, 0.15) is 355 Å². The first-order valence-electron chi connectivity index (χ1n) is 29.0. The second-order valence-corrected chi connectivity index (χ2v) is 24.0. The normalized spacial score (nSPS) is 12.0. The maximum atomic E-state index is 2.31. The van der Waals surface area contributed by atoms with Crippen LogP contribution in [0.4, 0.5) is 0 Å². The summed E-state index contributed by atoms with van der Waals surface area (Å²) >= 11 is 0. The van der Waals surface area contributed by atoms with Crippen LogP contribution in [0.15, 0.2) is 0 Å². The Morgan fingerprint density at radius 2 is 0.571 bits per heavy atom. The molecule has 0 bridgehead atoms. The highest BCUT2D eigenvalue weighted by Gasteiger charge is 2.07. The van der Waals surface area contributed by atoms with E-state index in [0.717, 1.165) is 47.3 Å². The lowest BCUT2D eigenvalue weighted by atomic mass is 9.91. The van der Waals surface area contributed by atoms with Crippen LogP contribution in [0.5, 0.6) is 0 Å². The Hall–Kier alpha value is 0. The lowest BCUT2D eigenvalue weighted by molar-refractivity contribution is 0.373. The van der Waals surface area contributed by atoms with Gasteiger partial charge in [-0.2, -0.15) is 0 Å². The predicted octanol–water partition coefficient (Wildman–Crippen LogP) is 25.3. The zero-order valence-electron chi connectivity index (χ0n) is 51.9. The van der Waals surface area contributed by atoms with Gasteiger partial charge < -0.3 is 0 Å². The molecule has 1 unspecified atom stereocenters. The van der Waals surface area contributed by atoms with Gasteiger partial charge in [0, 0.05) is 0 Å². The molecule has 0 saturated carbocycles. The summed E-state index contributed by atoms with van der Waals surface area (Å²) in [5.74, 6) is 7.22. The molecule has 0 aromatic carbocycles. The molecule has 0 fully saturated rings. The Labute approximate surface area is 411 Å². The van der Waals surface area contributed by atoms with Gasteiger partial charge in [-0.15, -0.1) is 0 Å². The van der Waals surface area contributed by atoms with Gasteiger partial charge in [-0.3, -0.25) is 0 Å². The molecule has 0 heteroatoms. The van der Waals surface area contributed by atoms with E-state index >= 15 is 0 Å². The van der Waals surface area contributed by atoms with E-state index in [1.165, 1.54) is 148 Å². The molecule has 0 heterocycles. The minimum absolute atomic E-state index is 0.550. The van der Waals surface area contributed by atoms with E-state index < -0.39 is 0 Å². The third-order valence-electron chi connectivity index (χ3n) is 11.2. The average Bonchev–Trinajstić information content (AvgIpc) is 3.16. The molecular formula is C63H144. The predicted molar refractivity (Wildman–Crippen MR) is 309 cm³/mol. The van der Waals surface area contributed by atoms with Crippen molar-refractivity contribution in [1.29, 1.82) is 0 Å². The van der Waals surface area contributed by atoms with Crippen molar-refractivity contribution in [2.75, 3.05) is 0 Å². The first-order chi connectivity index (χ1) is 29.0. The lowest BCUT2D eigenvalue weighted by Gasteiger charge is -2.15. The molecule has 0 rings (SSSR count). The van der Waals surface area contributed by atoms with E-state index in [2.05, 4.69) is 208 Å². The molecule has 0 aromatic rings. The van der Waals surface area contributed by atoms with Gasteiger partial charge in [-0.25, -0.2) is 0 Å². The number of hydrogen-bond donors (Lipinski definition) is 0. The highest BCUT2D eigenvalue weighted by molar-refractivity contribution is 4.59. The molecule has 63 heavy (non-hydrogen) atoms. The van der Waals surface area contributed by atoms with Crippen LogP contribution in [0.2, 0.25) is 0 Å².